The van der Waals surface area contributed by atoms with Gasteiger partial charge in [-0.1, -0.05) is 216 Å². The van der Waals surface area contributed by atoms with Crippen LogP contribution in [0.2, 0.25) is 0 Å². The van der Waals surface area contributed by atoms with Gasteiger partial charge in [-0.3, -0.25) is 14.4 Å². The zero-order valence-corrected chi connectivity index (χ0v) is 42.3. The Bertz CT molecular complexity index is 1170. The van der Waals surface area contributed by atoms with E-state index in [1.165, 1.54) is 141 Å². The lowest BCUT2D eigenvalue weighted by Crippen LogP contribution is -2.30. The van der Waals surface area contributed by atoms with Gasteiger partial charge in [-0.15, -0.1) is 0 Å². The molecule has 6 nitrogen and oxygen atoms in total. The SMILES string of the molecule is CCCCCC/C=C\CCCCCCCCCC(=O)OC(COC(=O)CCCCC/C=C\CCCCCCCC)COC(=O)CCCCCCC\C=C/C=C\C=C/CCCCCCC. The summed E-state index contributed by atoms with van der Waals surface area (Å²) >= 11 is 0. The average Bonchev–Trinajstić information content (AvgIpc) is 3.29. The Balaban J connectivity index is 4.43. The molecule has 0 aromatic rings. The van der Waals surface area contributed by atoms with E-state index in [0.29, 0.717) is 19.3 Å². The molecule has 0 bridgehead atoms. The Hall–Kier alpha value is -2.89. The van der Waals surface area contributed by atoms with E-state index >= 15 is 0 Å². The van der Waals surface area contributed by atoms with Crippen molar-refractivity contribution in [2.75, 3.05) is 13.2 Å². The molecule has 1 unspecified atom stereocenters. The third-order valence-corrected chi connectivity index (χ3v) is 11.8. The number of carbonyl (C=O) groups excluding carboxylic acids is 3. The zero-order chi connectivity index (χ0) is 46.5. The second kappa shape index (κ2) is 52.7. The quantitative estimate of drug-likeness (QED) is 0.0199. The van der Waals surface area contributed by atoms with Gasteiger partial charge in [0.25, 0.3) is 0 Å². The first-order chi connectivity index (χ1) is 31.5. The van der Waals surface area contributed by atoms with Crippen molar-refractivity contribution in [1.29, 1.82) is 0 Å². The summed E-state index contributed by atoms with van der Waals surface area (Å²) in [4.78, 5) is 38.0. The number of hydrogen-bond acceptors (Lipinski definition) is 6. The van der Waals surface area contributed by atoms with E-state index in [4.69, 9.17) is 14.2 Å². The van der Waals surface area contributed by atoms with Gasteiger partial charge in [0.2, 0.25) is 0 Å². The smallest absolute Gasteiger partial charge is 0.306 e. The van der Waals surface area contributed by atoms with Gasteiger partial charge in [0.05, 0.1) is 0 Å². The average molecular weight is 895 g/mol. The molecule has 6 heteroatoms. The van der Waals surface area contributed by atoms with Crippen molar-refractivity contribution in [3.05, 3.63) is 60.8 Å². The molecule has 0 aliphatic rings. The predicted molar refractivity (Wildman–Crippen MR) is 275 cm³/mol. The molecule has 0 aliphatic carbocycles. The Morgan fingerprint density at radius 2 is 0.578 bits per heavy atom. The first-order valence-corrected chi connectivity index (χ1v) is 27.3. The molecule has 0 N–H and O–H groups in total. The molecule has 0 aromatic carbocycles. The summed E-state index contributed by atoms with van der Waals surface area (Å²) < 4.78 is 16.8. The molecule has 0 spiro atoms. The van der Waals surface area contributed by atoms with Crippen LogP contribution in [0.4, 0.5) is 0 Å². The lowest BCUT2D eigenvalue weighted by atomic mass is 10.1. The highest BCUT2D eigenvalue weighted by Crippen LogP contribution is 2.14. The second-order valence-electron chi connectivity index (χ2n) is 18.2. The number of esters is 3. The van der Waals surface area contributed by atoms with E-state index in [0.717, 1.165) is 89.9 Å². The molecule has 0 fully saturated rings. The highest BCUT2D eigenvalue weighted by Gasteiger charge is 2.19. The minimum Gasteiger partial charge on any atom is -0.462 e. The van der Waals surface area contributed by atoms with Gasteiger partial charge < -0.3 is 14.2 Å². The predicted octanol–water partition coefficient (Wildman–Crippen LogP) is 18.0. The number of ether oxygens (including phenoxy) is 3. The summed E-state index contributed by atoms with van der Waals surface area (Å²) in [6, 6.07) is 0. The minimum absolute atomic E-state index is 0.0901. The van der Waals surface area contributed by atoms with Crippen LogP contribution in [0.5, 0.6) is 0 Å². The van der Waals surface area contributed by atoms with Crippen LogP contribution >= 0.6 is 0 Å². The van der Waals surface area contributed by atoms with Crippen LogP contribution in [0.1, 0.15) is 271 Å². The van der Waals surface area contributed by atoms with E-state index in [1.54, 1.807) is 0 Å². The summed E-state index contributed by atoms with van der Waals surface area (Å²) in [6.07, 6.45) is 64.8. The molecule has 0 aliphatic heterocycles. The van der Waals surface area contributed by atoms with E-state index < -0.39 is 6.10 Å². The van der Waals surface area contributed by atoms with Gasteiger partial charge in [0, 0.05) is 19.3 Å². The lowest BCUT2D eigenvalue weighted by Gasteiger charge is -2.18. The molecule has 0 aromatic heterocycles. The van der Waals surface area contributed by atoms with Gasteiger partial charge >= 0.3 is 17.9 Å². The normalized spacial score (nSPS) is 12.5. The maximum Gasteiger partial charge on any atom is 0.306 e. The van der Waals surface area contributed by atoms with Gasteiger partial charge in [-0.2, -0.15) is 0 Å². The molecule has 1 atom stereocenters. The highest BCUT2D eigenvalue weighted by molar-refractivity contribution is 5.71. The number of carbonyl (C=O) groups is 3. The van der Waals surface area contributed by atoms with Gasteiger partial charge in [-0.05, 0) is 96.3 Å². The largest absolute Gasteiger partial charge is 0.462 e. The van der Waals surface area contributed by atoms with Crippen LogP contribution in [0, 0.1) is 0 Å². The molecule has 0 rings (SSSR count). The maximum atomic E-state index is 12.8. The maximum absolute atomic E-state index is 12.8. The zero-order valence-electron chi connectivity index (χ0n) is 42.3. The topological polar surface area (TPSA) is 78.9 Å². The third-order valence-electron chi connectivity index (χ3n) is 11.8. The molecule has 0 saturated carbocycles. The molecule has 0 heterocycles. The van der Waals surface area contributed by atoms with E-state index in [9.17, 15) is 14.4 Å². The second-order valence-corrected chi connectivity index (χ2v) is 18.2. The van der Waals surface area contributed by atoms with Crippen molar-refractivity contribution in [1.82, 2.24) is 0 Å². The molecular formula is C58H102O6. The van der Waals surface area contributed by atoms with Crippen LogP contribution in [-0.2, 0) is 28.6 Å². The Morgan fingerprint density at radius 3 is 0.938 bits per heavy atom. The summed E-state index contributed by atoms with van der Waals surface area (Å²) in [5.41, 5.74) is 0. The van der Waals surface area contributed by atoms with Crippen molar-refractivity contribution in [2.24, 2.45) is 0 Å². The van der Waals surface area contributed by atoms with E-state index in [1.807, 2.05) is 0 Å². The standard InChI is InChI=1S/C58H102O6/c1-4-7-10-13-16-19-22-25-27-28-29-31-33-36-39-42-45-48-51-57(60)63-54-55(53-62-56(59)50-47-44-41-38-35-32-24-21-18-15-12-9-6-3)64-58(61)52-49-46-43-40-37-34-30-26-23-20-17-14-11-8-5-2/h20,22-23,25,27-29,31-32,35,55H,4-19,21,24,26,30,33-34,36-54H2,1-3H3/b23-20-,25-22-,28-27-,31-29-,35-32-. The number of hydrogen-bond donors (Lipinski definition) is 0. The van der Waals surface area contributed by atoms with E-state index in [-0.39, 0.29) is 31.1 Å². The fraction of sp³-hybridized carbons (Fsp3) is 0.776. The summed E-state index contributed by atoms with van der Waals surface area (Å²) in [7, 11) is 0. The van der Waals surface area contributed by atoms with Crippen LogP contribution in [0.3, 0.4) is 0 Å². The lowest BCUT2D eigenvalue weighted by molar-refractivity contribution is -0.167. The van der Waals surface area contributed by atoms with Crippen LogP contribution in [0.15, 0.2) is 60.8 Å². The molecule has 0 saturated heterocycles. The van der Waals surface area contributed by atoms with E-state index in [2.05, 4.69) is 81.5 Å². The Morgan fingerprint density at radius 1 is 0.312 bits per heavy atom. The monoisotopic (exact) mass is 895 g/mol. The molecule has 0 radical (unpaired) electrons. The van der Waals surface area contributed by atoms with Crippen LogP contribution < -0.4 is 0 Å². The molecule has 0 amide bonds. The third kappa shape index (κ3) is 50.1. The van der Waals surface area contributed by atoms with Crippen LogP contribution in [-0.4, -0.2) is 37.2 Å². The van der Waals surface area contributed by atoms with Crippen molar-refractivity contribution in [2.45, 2.75) is 277 Å². The van der Waals surface area contributed by atoms with Gasteiger partial charge in [0.1, 0.15) is 13.2 Å². The first kappa shape index (κ1) is 61.1. The first-order valence-electron chi connectivity index (χ1n) is 27.3. The van der Waals surface area contributed by atoms with Crippen molar-refractivity contribution in [3.8, 4) is 0 Å². The van der Waals surface area contributed by atoms with Gasteiger partial charge in [-0.25, -0.2) is 0 Å². The summed E-state index contributed by atoms with van der Waals surface area (Å²) in [5, 5.41) is 0. The fourth-order valence-electron chi connectivity index (χ4n) is 7.61. The minimum atomic E-state index is -0.790. The van der Waals surface area contributed by atoms with Crippen molar-refractivity contribution >= 4 is 17.9 Å². The summed E-state index contributed by atoms with van der Waals surface area (Å²) in [5.74, 6) is -0.922. The number of rotatable bonds is 49. The molecular weight excluding hydrogens is 793 g/mol. The fourth-order valence-corrected chi connectivity index (χ4v) is 7.61. The Kier molecular flexibility index (Phi) is 50.4. The number of allylic oxidation sites excluding steroid dienone is 10. The van der Waals surface area contributed by atoms with Gasteiger partial charge in [0.15, 0.2) is 6.10 Å². The molecule has 64 heavy (non-hydrogen) atoms. The Labute approximate surface area is 396 Å². The summed E-state index contributed by atoms with van der Waals surface area (Å²) in [6.45, 7) is 6.58. The van der Waals surface area contributed by atoms with Crippen LogP contribution in [0.25, 0.3) is 0 Å². The molecule has 370 valence electrons. The highest BCUT2D eigenvalue weighted by atomic mass is 16.6. The van der Waals surface area contributed by atoms with Crippen molar-refractivity contribution in [3.63, 3.8) is 0 Å². The number of unbranched alkanes of at least 4 members (excludes halogenated alkanes) is 30. The van der Waals surface area contributed by atoms with Crippen molar-refractivity contribution < 1.29 is 28.6 Å².